The predicted octanol–water partition coefficient (Wildman–Crippen LogP) is 1.26. The number of cyclic esters (lactones) is 1. The van der Waals surface area contributed by atoms with Crippen LogP contribution in [0.1, 0.15) is 47.8 Å². The van der Waals surface area contributed by atoms with Crippen molar-refractivity contribution >= 4 is 23.8 Å². The average molecular weight is 386 g/mol. The van der Waals surface area contributed by atoms with Crippen molar-refractivity contribution < 1.29 is 28.7 Å². The van der Waals surface area contributed by atoms with E-state index in [1.54, 1.807) is 29.2 Å². The standard InChI is InChI=1S/C20H22N2O6/c1-27-19(25)12-8-10-21(11-9-12)17(24)15-6-7-16(23)22(15)18-13-4-2-3-5-14(13)20(26)28-18/h2-5,12,15,18H,6-11H2,1H3/t15-,18+/m1/s1. The fourth-order valence-corrected chi connectivity index (χ4v) is 4.29. The van der Waals surface area contributed by atoms with Gasteiger partial charge in [0, 0.05) is 25.1 Å². The van der Waals surface area contributed by atoms with Gasteiger partial charge in [-0.3, -0.25) is 19.3 Å². The van der Waals surface area contributed by atoms with Gasteiger partial charge in [-0.2, -0.15) is 0 Å². The van der Waals surface area contributed by atoms with Crippen molar-refractivity contribution in [3.63, 3.8) is 0 Å². The lowest BCUT2D eigenvalue weighted by molar-refractivity contribution is -0.153. The van der Waals surface area contributed by atoms with E-state index in [-0.39, 0.29) is 30.1 Å². The number of amides is 2. The van der Waals surface area contributed by atoms with E-state index in [9.17, 15) is 19.2 Å². The largest absolute Gasteiger partial charge is 0.469 e. The lowest BCUT2D eigenvalue weighted by Gasteiger charge is -2.36. The minimum Gasteiger partial charge on any atom is -0.469 e. The van der Waals surface area contributed by atoms with Crippen LogP contribution in [0.3, 0.4) is 0 Å². The number of ether oxygens (including phenoxy) is 2. The number of nitrogens with zero attached hydrogens (tertiary/aromatic N) is 2. The lowest BCUT2D eigenvalue weighted by Crippen LogP contribution is -2.50. The van der Waals surface area contributed by atoms with E-state index in [4.69, 9.17) is 9.47 Å². The Balaban J connectivity index is 1.51. The number of carbonyl (C=O) groups excluding carboxylic acids is 4. The number of likely N-dealkylation sites (tertiary alicyclic amines) is 2. The summed E-state index contributed by atoms with van der Waals surface area (Å²) >= 11 is 0. The molecule has 1 aromatic carbocycles. The SMILES string of the molecule is COC(=O)C1CCN(C(=O)[C@H]2CCC(=O)N2[C@H]2OC(=O)c3ccccc32)CC1. The second kappa shape index (κ2) is 7.26. The van der Waals surface area contributed by atoms with Gasteiger partial charge in [0.25, 0.3) is 0 Å². The molecule has 0 aromatic heterocycles. The molecule has 2 amide bonds. The zero-order valence-electron chi connectivity index (χ0n) is 15.6. The van der Waals surface area contributed by atoms with Gasteiger partial charge in [-0.25, -0.2) is 4.79 Å². The number of hydrogen-bond donors (Lipinski definition) is 0. The zero-order valence-corrected chi connectivity index (χ0v) is 15.6. The van der Waals surface area contributed by atoms with Crippen molar-refractivity contribution in [2.45, 2.75) is 38.0 Å². The van der Waals surface area contributed by atoms with Crippen molar-refractivity contribution in [3.05, 3.63) is 35.4 Å². The molecule has 0 unspecified atom stereocenters. The zero-order chi connectivity index (χ0) is 19.8. The van der Waals surface area contributed by atoms with Crippen LogP contribution in [-0.2, 0) is 23.9 Å². The second-order valence-corrected chi connectivity index (χ2v) is 7.32. The molecular weight excluding hydrogens is 364 g/mol. The predicted molar refractivity (Wildman–Crippen MR) is 95.8 cm³/mol. The van der Waals surface area contributed by atoms with Crippen molar-refractivity contribution in [2.75, 3.05) is 20.2 Å². The van der Waals surface area contributed by atoms with E-state index in [0.717, 1.165) is 0 Å². The maximum atomic E-state index is 13.1. The summed E-state index contributed by atoms with van der Waals surface area (Å²) in [6.07, 6.45) is 0.858. The minimum atomic E-state index is -0.861. The fourth-order valence-electron chi connectivity index (χ4n) is 4.29. The summed E-state index contributed by atoms with van der Waals surface area (Å²) in [6.45, 7) is 0.885. The molecule has 2 fully saturated rings. The number of piperidine rings is 1. The Bertz CT molecular complexity index is 830. The molecule has 1 aromatic rings. The van der Waals surface area contributed by atoms with Gasteiger partial charge in [0.15, 0.2) is 0 Å². The van der Waals surface area contributed by atoms with Crippen LogP contribution in [0.15, 0.2) is 24.3 Å². The molecule has 0 spiro atoms. The molecule has 0 bridgehead atoms. The third kappa shape index (κ3) is 3.02. The van der Waals surface area contributed by atoms with E-state index < -0.39 is 18.2 Å². The van der Waals surface area contributed by atoms with E-state index >= 15 is 0 Å². The summed E-state index contributed by atoms with van der Waals surface area (Å²) in [4.78, 5) is 52.6. The Morgan fingerprint density at radius 3 is 2.54 bits per heavy atom. The summed E-state index contributed by atoms with van der Waals surface area (Å²) in [5, 5.41) is 0. The highest BCUT2D eigenvalue weighted by atomic mass is 16.6. The van der Waals surface area contributed by atoms with Gasteiger partial charge in [0.05, 0.1) is 18.6 Å². The van der Waals surface area contributed by atoms with Crippen LogP contribution >= 0.6 is 0 Å². The first-order valence-electron chi connectivity index (χ1n) is 9.49. The van der Waals surface area contributed by atoms with Crippen LogP contribution < -0.4 is 0 Å². The smallest absolute Gasteiger partial charge is 0.340 e. The highest BCUT2D eigenvalue weighted by molar-refractivity contribution is 5.96. The molecule has 0 saturated carbocycles. The number of benzene rings is 1. The Labute approximate surface area is 162 Å². The Morgan fingerprint density at radius 2 is 1.82 bits per heavy atom. The van der Waals surface area contributed by atoms with Crippen LogP contribution in [0, 0.1) is 5.92 Å². The monoisotopic (exact) mass is 386 g/mol. The van der Waals surface area contributed by atoms with Crippen LogP contribution in [0.25, 0.3) is 0 Å². The maximum Gasteiger partial charge on any atom is 0.340 e. The number of esters is 2. The molecule has 0 radical (unpaired) electrons. The van der Waals surface area contributed by atoms with E-state index in [2.05, 4.69) is 0 Å². The van der Waals surface area contributed by atoms with Crippen LogP contribution in [0.5, 0.6) is 0 Å². The average Bonchev–Trinajstić information content (AvgIpc) is 3.27. The summed E-state index contributed by atoms with van der Waals surface area (Å²) in [5.74, 6) is -1.28. The van der Waals surface area contributed by atoms with Crippen LogP contribution in [-0.4, -0.2) is 59.8 Å². The van der Waals surface area contributed by atoms with E-state index in [1.807, 2.05) is 0 Å². The molecule has 2 saturated heterocycles. The quantitative estimate of drug-likeness (QED) is 0.726. The number of rotatable bonds is 3. The summed E-state index contributed by atoms with van der Waals surface area (Å²) < 4.78 is 10.2. The molecule has 3 aliphatic rings. The van der Waals surface area contributed by atoms with Crippen molar-refractivity contribution in [1.29, 1.82) is 0 Å². The van der Waals surface area contributed by atoms with E-state index in [0.29, 0.717) is 43.5 Å². The van der Waals surface area contributed by atoms with Gasteiger partial charge < -0.3 is 14.4 Å². The van der Waals surface area contributed by atoms with Crippen molar-refractivity contribution in [3.8, 4) is 0 Å². The Kier molecular flexibility index (Phi) is 4.78. The maximum absolute atomic E-state index is 13.1. The summed E-state index contributed by atoms with van der Waals surface area (Å²) in [5.41, 5.74) is 1.04. The molecule has 8 heteroatoms. The molecule has 8 nitrogen and oxygen atoms in total. The Hall–Kier alpha value is -2.90. The molecule has 148 valence electrons. The molecule has 0 N–H and O–H groups in total. The first-order chi connectivity index (χ1) is 13.5. The molecule has 2 atom stereocenters. The number of carbonyl (C=O) groups is 4. The normalized spacial score (nSPS) is 24.9. The van der Waals surface area contributed by atoms with Gasteiger partial charge in [-0.05, 0) is 25.3 Å². The van der Waals surface area contributed by atoms with Crippen LogP contribution in [0.4, 0.5) is 0 Å². The Morgan fingerprint density at radius 1 is 1.11 bits per heavy atom. The molecule has 28 heavy (non-hydrogen) atoms. The van der Waals surface area contributed by atoms with Gasteiger partial charge >= 0.3 is 11.9 Å². The van der Waals surface area contributed by atoms with Crippen LogP contribution in [0.2, 0.25) is 0 Å². The van der Waals surface area contributed by atoms with Crippen molar-refractivity contribution in [1.82, 2.24) is 9.80 Å². The first-order valence-corrected chi connectivity index (χ1v) is 9.49. The van der Waals surface area contributed by atoms with Gasteiger partial charge in [-0.1, -0.05) is 18.2 Å². The number of methoxy groups -OCH3 is 1. The molecular formula is C20H22N2O6. The highest BCUT2D eigenvalue weighted by Gasteiger charge is 2.47. The minimum absolute atomic E-state index is 0.158. The van der Waals surface area contributed by atoms with Gasteiger partial charge in [-0.15, -0.1) is 0 Å². The highest BCUT2D eigenvalue weighted by Crippen LogP contribution is 2.38. The third-order valence-electron chi connectivity index (χ3n) is 5.80. The molecule has 0 aliphatic carbocycles. The molecule has 4 rings (SSSR count). The lowest BCUT2D eigenvalue weighted by atomic mass is 9.96. The van der Waals surface area contributed by atoms with E-state index in [1.165, 1.54) is 12.0 Å². The summed E-state index contributed by atoms with van der Waals surface area (Å²) in [6, 6.07) is 6.27. The fraction of sp³-hybridized carbons (Fsp3) is 0.500. The topological polar surface area (TPSA) is 93.2 Å². The van der Waals surface area contributed by atoms with Gasteiger partial charge in [0.2, 0.25) is 18.0 Å². The number of fused-ring (bicyclic) bond motifs is 1. The summed E-state index contributed by atoms with van der Waals surface area (Å²) in [7, 11) is 1.36. The first kappa shape index (κ1) is 18.5. The molecule has 3 aliphatic heterocycles. The number of hydrogen-bond acceptors (Lipinski definition) is 6. The van der Waals surface area contributed by atoms with Crippen molar-refractivity contribution in [2.24, 2.45) is 5.92 Å². The second-order valence-electron chi connectivity index (χ2n) is 7.32. The van der Waals surface area contributed by atoms with Gasteiger partial charge in [0.1, 0.15) is 6.04 Å². The third-order valence-corrected chi connectivity index (χ3v) is 5.80. The molecule has 3 heterocycles.